The number of nitrogens with one attached hydrogen (secondary N) is 2. The highest BCUT2D eigenvalue weighted by atomic mass is 32.2. The van der Waals surface area contributed by atoms with Gasteiger partial charge in [0, 0.05) is 36.9 Å². The fraction of sp³-hybridized carbons (Fsp3) is 0.0909. The lowest BCUT2D eigenvalue weighted by atomic mass is 10.1. The van der Waals surface area contributed by atoms with Crippen LogP contribution in [0.25, 0.3) is 16.5 Å². The second-order valence-electron chi connectivity index (χ2n) is 7.47. The first kappa shape index (κ1) is 23.3. The Morgan fingerprint density at radius 1 is 1.12 bits per heavy atom. The van der Waals surface area contributed by atoms with Gasteiger partial charge in [0.15, 0.2) is 0 Å². The van der Waals surface area contributed by atoms with Gasteiger partial charge in [0.2, 0.25) is 5.88 Å². The van der Waals surface area contributed by atoms with Crippen molar-refractivity contribution in [2.45, 2.75) is 4.21 Å². The number of anilines is 2. The highest BCUT2D eigenvalue weighted by molar-refractivity contribution is 7.92. The van der Waals surface area contributed by atoms with Gasteiger partial charge < -0.3 is 15.3 Å². The molecule has 0 aliphatic rings. The number of thiophene rings is 1. The van der Waals surface area contributed by atoms with Crippen molar-refractivity contribution >= 4 is 49.5 Å². The Hall–Kier alpha value is -3.90. The molecule has 2 amide bonds. The number of sulfonamides is 1. The van der Waals surface area contributed by atoms with E-state index in [1.807, 2.05) is 23.7 Å². The molecule has 2 heterocycles. The first-order valence-electron chi connectivity index (χ1n) is 9.80. The van der Waals surface area contributed by atoms with Crippen LogP contribution in [0.15, 0.2) is 69.0 Å². The predicted molar refractivity (Wildman–Crippen MR) is 129 cm³/mol. The zero-order chi connectivity index (χ0) is 24.6. The summed E-state index contributed by atoms with van der Waals surface area (Å²) in [6, 6.07) is 11.6. The van der Waals surface area contributed by atoms with E-state index in [1.54, 1.807) is 23.6 Å². The number of pyridine rings is 1. The van der Waals surface area contributed by atoms with Crippen molar-refractivity contribution in [2.75, 3.05) is 24.3 Å². The van der Waals surface area contributed by atoms with Crippen molar-refractivity contribution in [1.82, 2.24) is 9.29 Å². The number of carbonyl (C=O) groups excluding carboxylic acids is 1. The van der Waals surface area contributed by atoms with E-state index in [2.05, 4.69) is 5.32 Å². The van der Waals surface area contributed by atoms with E-state index in [9.17, 15) is 27.5 Å². The Morgan fingerprint density at radius 3 is 2.53 bits per heavy atom. The van der Waals surface area contributed by atoms with E-state index in [0.717, 1.165) is 27.7 Å². The third-order valence-electron chi connectivity index (χ3n) is 4.94. The van der Waals surface area contributed by atoms with Crippen LogP contribution in [-0.2, 0) is 10.0 Å². The summed E-state index contributed by atoms with van der Waals surface area (Å²) in [6.07, 6.45) is 0. The lowest BCUT2D eigenvalue weighted by Gasteiger charge is -2.16. The number of hydrogen-bond acceptors (Lipinski definition) is 7. The summed E-state index contributed by atoms with van der Waals surface area (Å²) in [5.74, 6) is -1.35. The van der Waals surface area contributed by atoms with Crippen molar-refractivity contribution in [2.24, 2.45) is 0 Å². The molecule has 0 fully saturated rings. The molecule has 4 aromatic rings. The van der Waals surface area contributed by atoms with Crippen LogP contribution < -0.4 is 20.5 Å². The molecule has 3 N–H and O–H groups in total. The summed E-state index contributed by atoms with van der Waals surface area (Å²) in [6.45, 7) is 0. The van der Waals surface area contributed by atoms with Gasteiger partial charge in [0.1, 0.15) is 10.0 Å². The van der Waals surface area contributed by atoms with Gasteiger partial charge in [-0.1, -0.05) is 6.07 Å². The highest BCUT2D eigenvalue weighted by Gasteiger charge is 2.20. The third-order valence-corrected chi connectivity index (χ3v) is 7.67. The molecule has 0 aliphatic heterocycles. The number of halogens is 1. The summed E-state index contributed by atoms with van der Waals surface area (Å²) in [5.41, 5.74) is -0.118. The molecule has 4 rings (SSSR count). The van der Waals surface area contributed by atoms with Gasteiger partial charge in [-0.3, -0.25) is 4.79 Å². The fourth-order valence-corrected chi connectivity index (χ4v) is 5.22. The summed E-state index contributed by atoms with van der Waals surface area (Å²) >= 11 is 0.937. The summed E-state index contributed by atoms with van der Waals surface area (Å²) in [7, 11) is -0.380. The van der Waals surface area contributed by atoms with Crippen molar-refractivity contribution in [3.63, 3.8) is 0 Å². The third kappa shape index (κ3) is 4.45. The van der Waals surface area contributed by atoms with Crippen LogP contribution in [-0.4, -0.2) is 38.2 Å². The Morgan fingerprint density at radius 2 is 1.88 bits per heavy atom. The van der Waals surface area contributed by atoms with Crippen LogP contribution in [0, 0.1) is 5.82 Å². The zero-order valence-corrected chi connectivity index (χ0v) is 19.6. The molecule has 0 bridgehead atoms. The van der Waals surface area contributed by atoms with Crippen LogP contribution in [0.4, 0.5) is 20.6 Å². The molecule has 2 aromatic heterocycles. The molecular formula is C22H19FN4O5S2. The number of aromatic nitrogens is 1. The second kappa shape index (κ2) is 8.80. The van der Waals surface area contributed by atoms with Crippen molar-refractivity contribution in [3.8, 4) is 11.6 Å². The topological polar surface area (TPSA) is 121 Å². The number of aromatic hydroxyl groups is 1. The molecule has 12 heteroatoms. The van der Waals surface area contributed by atoms with Crippen molar-refractivity contribution < 1.29 is 22.7 Å². The number of hydrogen-bond donors (Lipinski definition) is 3. The van der Waals surface area contributed by atoms with Crippen LogP contribution >= 0.6 is 11.3 Å². The van der Waals surface area contributed by atoms with E-state index in [1.165, 1.54) is 30.3 Å². The van der Waals surface area contributed by atoms with E-state index in [0.29, 0.717) is 10.8 Å². The summed E-state index contributed by atoms with van der Waals surface area (Å²) < 4.78 is 41.8. The number of fused-ring (bicyclic) bond motifs is 1. The number of amides is 2. The quantitative estimate of drug-likeness (QED) is 0.384. The molecule has 0 aliphatic carbocycles. The molecule has 0 atom stereocenters. The molecule has 2 aromatic carbocycles. The molecule has 0 saturated heterocycles. The van der Waals surface area contributed by atoms with Crippen molar-refractivity contribution in [1.29, 1.82) is 0 Å². The van der Waals surface area contributed by atoms with Crippen molar-refractivity contribution in [3.05, 3.63) is 76.1 Å². The predicted octanol–water partition coefficient (Wildman–Crippen LogP) is 3.47. The van der Waals surface area contributed by atoms with Gasteiger partial charge in [0.05, 0.1) is 5.69 Å². The number of carbonyl (C=O) groups is 1. The minimum atomic E-state index is -4.06. The first-order valence-corrected chi connectivity index (χ1v) is 12.2. The molecule has 0 radical (unpaired) electrons. The summed E-state index contributed by atoms with van der Waals surface area (Å²) in [4.78, 5) is 26.6. The van der Waals surface area contributed by atoms with Gasteiger partial charge in [-0.05, 0) is 53.2 Å². The Labute approximate surface area is 197 Å². The Kier molecular flexibility index (Phi) is 6.02. The maximum absolute atomic E-state index is 14.9. The molecule has 9 nitrogen and oxygen atoms in total. The van der Waals surface area contributed by atoms with E-state index in [-0.39, 0.29) is 15.6 Å². The molecule has 34 heavy (non-hydrogen) atoms. The Bertz CT molecular complexity index is 1560. The molecule has 0 spiro atoms. The van der Waals surface area contributed by atoms with E-state index < -0.39 is 33.3 Å². The smallest absolute Gasteiger partial charge is 0.333 e. The lowest BCUT2D eigenvalue weighted by Crippen LogP contribution is -2.34. The maximum atomic E-state index is 14.9. The minimum Gasteiger partial charge on any atom is -0.494 e. The first-order chi connectivity index (χ1) is 16.1. The van der Waals surface area contributed by atoms with Gasteiger partial charge in [-0.25, -0.2) is 26.9 Å². The van der Waals surface area contributed by atoms with Gasteiger partial charge >= 0.3 is 6.03 Å². The SMILES string of the molecule is CN(C)c1ccc2c(O)n(-c3ccc(NC(=O)NS(=O)(=O)c4cccs4)cc3F)c(=O)cc2c1. The largest absolute Gasteiger partial charge is 0.494 e. The van der Waals surface area contributed by atoms with Crippen LogP contribution in [0.3, 0.4) is 0 Å². The lowest BCUT2D eigenvalue weighted by molar-refractivity contribution is 0.256. The van der Waals surface area contributed by atoms with E-state index >= 15 is 0 Å². The number of rotatable bonds is 5. The van der Waals surface area contributed by atoms with Gasteiger partial charge in [-0.15, -0.1) is 11.3 Å². The molecule has 176 valence electrons. The van der Waals surface area contributed by atoms with Crippen LogP contribution in [0.5, 0.6) is 5.88 Å². The highest BCUT2D eigenvalue weighted by Crippen LogP contribution is 2.29. The van der Waals surface area contributed by atoms with Gasteiger partial charge in [0.25, 0.3) is 15.6 Å². The second-order valence-corrected chi connectivity index (χ2v) is 10.3. The normalized spacial score (nSPS) is 11.4. The molecule has 0 saturated carbocycles. The van der Waals surface area contributed by atoms with Crippen LogP contribution in [0.1, 0.15) is 0 Å². The standard InChI is InChI=1S/C22H19FN4O5S2/c1-26(2)15-6-7-16-13(10-15)11-19(28)27(21(16)29)18-8-5-14(12-17(18)23)24-22(30)25-34(31,32)20-4-3-9-33-20/h3-12,29H,1-2H3,(H2,24,25,30). The number of nitrogens with zero attached hydrogens (tertiary/aromatic N) is 2. The molecular weight excluding hydrogens is 483 g/mol. The summed E-state index contributed by atoms with van der Waals surface area (Å²) in [5, 5.41) is 15.3. The maximum Gasteiger partial charge on any atom is 0.333 e. The Balaban J connectivity index is 1.63. The zero-order valence-electron chi connectivity index (χ0n) is 17.9. The fourth-order valence-electron chi connectivity index (χ4n) is 3.32. The molecule has 0 unspecified atom stereocenters. The average molecular weight is 503 g/mol. The number of benzene rings is 2. The number of urea groups is 1. The van der Waals surface area contributed by atoms with Gasteiger partial charge in [-0.2, -0.15) is 0 Å². The monoisotopic (exact) mass is 502 g/mol. The average Bonchev–Trinajstić information content (AvgIpc) is 3.30. The van der Waals surface area contributed by atoms with E-state index in [4.69, 9.17) is 0 Å². The van der Waals surface area contributed by atoms with Crippen LogP contribution in [0.2, 0.25) is 0 Å². The minimum absolute atomic E-state index is 0.0481.